The van der Waals surface area contributed by atoms with Crippen molar-refractivity contribution in [3.8, 4) is 0 Å². The van der Waals surface area contributed by atoms with E-state index in [0.717, 1.165) is 57.5 Å². The summed E-state index contributed by atoms with van der Waals surface area (Å²) in [4.78, 5) is 21.0. The van der Waals surface area contributed by atoms with Crippen molar-refractivity contribution in [2.45, 2.75) is 205 Å². The van der Waals surface area contributed by atoms with Gasteiger partial charge in [0, 0.05) is 20.6 Å². The molecule has 0 saturated carbocycles. The summed E-state index contributed by atoms with van der Waals surface area (Å²) in [6, 6.07) is 0. The van der Waals surface area contributed by atoms with Gasteiger partial charge in [-0.05, 0) is 32.1 Å². The van der Waals surface area contributed by atoms with Gasteiger partial charge >= 0.3 is 7.60 Å². The van der Waals surface area contributed by atoms with Crippen LogP contribution < -0.4 is 0 Å². The van der Waals surface area contributed by atoms with Gasteiger partial charge in [0.2, 0.25) is 0 Å². The highest BCUT2D eigenvalue weighted by Crippen LogP contribution is 2.79. The van der Waals surface area contributed by atoms with Crippen LogP contribution in [0.3, 0.4) is 0 Å². The van der Waals surface area contributed by atoms with Gasteiger partial charge < -0.3 is 9.79 Å². The van der Waals surface area contributed by atoms with Crippen molar-refractivity contribution in [1.82, 2.24) is 0 Å². The van der Waals surface area contributed by atoms with Crippen LogP contribution in [-0.4, -0.2) is 34.2 Å². The fourth-order valence-corrected chi connectivity index (χ4v) is 13.7. The molecule has 0 rings (SSSR count). The van der Waals surface area contributed by atoms with Crippen molar-refractivity contribution in [3.63, 3.8) is 0 Å². The van der Waals surface area contributed by atoms with Crippen LogP contribution in [0.1, 0.15) is 201 Å². The van der Waals surface area contributed by atoms with Gasteiger partial charge in [-0.25, -0.2) is 0 Å². The molecule has 0 amide bonds. The first kappa shape index (κ1) is 40.6. The molecule has 0 atom stereocenters. The Morgan fingerprint density at radius 2 is 0.700 bits per heavy atom. The van der Waals surface area contributed by atoms with E-state index in [9.17, 15) is 14.4 Å². The first-order valence-electron chi connectivity index (χ1n) is 18.1. The molecule has 242 valence electrons. The summed E-state index contributed by atoms with van der Waals surface area (Å²) < 4.78 is 13.3. The molecule has 0 aromatic heterocycles. The first-order chi connectivity index (χ1) is 19.2. The molecule has 2 N–H and O–H groups in total. The van der Waals surface area contributed by atoms with Crippen LogP contribution in [0, 0.1) is 0 Å². The zero-order valence-corrected chi connectivity index (χ0v) is 30.0. The SMILES string of the molecule is CCCCCCCCCCCCCCC(CCCCCCCCCCCCCC)(P(=O)(O)O)[P+](C)(C)CCCC. The van der Waals surface area contributed by atoms with E-state index >= 15 is 0 Å². The Kier molecular flexibility index (Phi) is 26.4. The molecule has 0 bridgehead atoms. The van der Waals surface area contributed by atoms with Crippen molar-refractivity contribution in [3.05, 3.63) is 0 Å². The van der Waals surface area contributed by atoms with Crippen LogP contribution >= 0.6 is 14.9 Å². The molecule has 0 heterocycles. The Morgan fingerprint density at radius 3 is 0.950 bits per heavy atom. The Bertz CT molecular complexity index is 559. The average molecular weight is 606 g/mol. The topological polar surface area (TPSA) is 57.5 Å². The number of rotatable bonds is 31. The van der Waals surface area contributed by atoms with Gasteiger partial charge in [-0.1, -0.05) is 168 Å². The van der Waals surface area contributed by atoms with Crippen LogP contribution in [0.2, 0.25) is 0 Å². The van der Waals surface area contributed by atoms with Gasteiger partial charge in [-0.3, -0.25) is 4.57 Å². The monoisotopic (exact) mass is 606 g/mol. The zero-order valence-electron chi connectivity index (χ0n) is 28.2. The zero-order chi connectivity index (χ0) is 30.0. The Morgan fingerprint density at radius 1 is 0.450 bits per heavy atom. The molecule has 0 aromatic carbocycles. The lowest BCUT2D eigenvalue weighted by atomic mass is 10.0. The summed E-state index contributed by atoms with van der Waals surface area (Å²) in [5.41, 5.74) is 0. The quantitative estimate of drug-likeness (QED) is 0.0610. The third-order valence-electron chi connectivity index (χ3n) is 9.60. The van der Waals surface area contributed by atoms with E-state index in [4.69, 9.17) is 0 Å². The summed E-state index contributed by atoms with van der Waals surface area (Å²) in [6.07, 6.45) is 35.8. The largest absolute Gasteiger partial charge is 0.368 e. The van der Waals surface area contributed by atoms with Crippen LogP contribution in [0.5, 0.6) is 0 Å². The van der Waals surface area contributed by atoms with E-state index in [1.54, 1.807) is 0 Å². The number of unbranched alkanes of at least 4 members (excludes halogenated alkanes) is 23. The molecule has 0 aliphatic rings. The standard InChI is InChI=1S/C35H74O3P2/c1-6-9-12-14-16-18-20-22-24-26-28-30-32-35(40(36,37)38,39(4,5)34-11-8-3)33-31-29-27-25-23-21-19-17-15-13-10-7-2/h6-34H2,1-5H3,(H-,36,37,38)/p+1. The molecule has 5 heteroatoms. The molecule has 0 aliphatic carbocycles. The van der Waals surface area contributed by atoms with Crippen molar-refractivity contribution >= 4 is 14.9 Å². The van der Waals surface area contributed by atoms with Gasteiger partial charge in [-0.2, -0.15) is 0 Å². The predicted octanol–water partition coefficient (Wildman–Crippen LogP) is 13.1. The average Bonchev–Trinajstić information content (AvgIpc) is 2.91. The summed E-state index contributed by atoms with van der Waals surface area (Å²) >= 11 is 0. The summed E-state index contributed by atoms with van der Waals surface area (Å²) in [5.74, 6) is 0. The lowest BCUT2D eigenvalue weighted by Gasteiger charge is -2.41. The number of hydrogen-bond donors (Lipinski definition) is 2. The van der Waals surface area contributed by atoms with Crippen molar-refractivity contribution in [2.24, 2.45) is 0 Å². The Balaban J connectivity index is 4.59. The predicted molar refractivity (Wildman–Crippen MR) is 185 cm³/mol. The van der Waals surface area contributed by atoms with E-state index in [1.807, 2.05) is 0 Å². The maximum absolute atomic E-state index is 13.3. The Labute approximate surface area is 253 Å². The highest BCUT2D eigenvalue weighted by Gasteiger charge is 2.61. The molecule has 0 fully saturated rings. The third-order valence-corrected chi connectivity index (χ3v) is 17.7. The van der Waals surface area contributed by atoms with E-state index in [1.165, 1.54) is 128 Å². The second-order valence-corrected chi connectivity index (χ2v) is 20.5. The molecule has 0 aliphatic heterocycles. The third kappa shape index (κ3) is 19.0. The summed E-state index contributed by atoms with van der Waals surface area (Å²) in [6.45, 7) is 11.3. The number of hydrogen-bond acceptors (Lipinski definition) is 1. The second kappa shape index (κ2) is 26.0. The van der Waals surface area contributed by atoms with Gasteiger partial charge in [-0.15, -0.1) is 0 Å². The molecule has 3 nitrogen and oxygen atoms in total. The molecule has 0 saturated heterocycles. The van der Waals surface area contributed by atoms with Crippen molar-refractivity contribution < 1.29 is 14.4 Å². The van der Waals surface area contributed by atoms with E-state index < -0.39 is 19.8 Å². The molecule has 0 spiro atoms. The molecule has 0 aromatic rings. The van der Waals surface area contributed by atoms with Gasteiger partial charge in [0.05, 0.1) is 6.16 Å². The lowest BCUT2D eigenvalue weighted by molar-refractivity contribution is 0.332. The minimum absolute atomic E-state index is 0.733. The second-order valence-electron chi connectivity index (χ2n) is 13.6. The highest BCUT2D eigenvalue weighted by molar-refractivity contribution is 7.85. The smallest absolute Gasteiger partial charge is 0.321 e. The van der Waals surface area contributed by atoms with E-state index in [0.29, 0.717) is 0 Å². The van der Waals surface area contributed by atoms with E-state index in [2.05, 4.69) is 34.1 Å². The van der Waals surface area contributed by atoms with Crippen molar-refractivity contribution in [2.75, 3.05) is 19.5 Å². The van der Waals surface area contributed by atoms with Crippen LogP contribution in [0.4, 0.5) is 0 Å². The molecular formula is C35H75O3P2+. The summed E-state index contributed by atoms with van der Waals surface area (Å²) in [5, 5.41) is 0. The van der Waals surface area contributed by atoms with Gasteiger partial charge in [0.1, 0.15) is 0 Å². The summed E-state index contributed by atoms with van der Waals surface area (Å²) in [7, 11) is -5.93. The minimum atomic E-state index is -4.18. The maximum Gasteiger partial charge on any atom is 0.368 e. The lowest BCUT2D eigenvalue weighted by Crippen LogP contribution is -2.33. The van der Waals surface area contributed by atoms with Crippen molar-refractivity contribution in [1.29, 1.82) is 0 Å². The fourth-order valence-electron chi connectivity index (χ4n) is 6.63. The first-order valence-corrected chi connectivity index (χ1v) is 22.5. The van der Waals surface area contributed by atoms with Gasteiger partial charge in [0.15, 0.2) is 4.90 Å². The Hall–Kier alpha value is 0.580. The molecular weight excluding hydrogens is 530 g/mol. The maximum atomic E-state index is 13.3. The highest BCUT2D eigenvalue weighted by atomic mass is 31.2. The van der Waals surface area contributed by atoms with Crippen LogP contribution in [-0.2, 0) is 4.57 Å². The van der Waals surface area contributed by atoms with Crippen LogP contribution in [0.15, 0.2) is 0 Å². The fraction of sp³-hybridized carbons (Fsp3) is 1.00. The normalized spacial score (nSPS) is 12.9. The molecule has 0 radical (unpaired) electrons. The molecule has 40 heavy (non-hydrogen) atoms. The van der Waals surface area contributed by atoms with Crippen LogP contribution in [0.25, 0.3) is 0 Å². The molecule has 0 unspecified atom stereocenters. The van der Waals surface area contributed by atoms with Gasteiger partial charge in [0.25, 0.3) is 0 Å². The van der Waals surface area contributed by atoms with E-state index in [-0.39, 0.29) is 0 Å². The minimum Gasteiger partial charge on any atom is -0.321 e.